The van der Waals surface area contributed by atoms with Crippen LogP contribution in [0.15, 0.2) is 28.7 Å². The van der Waals surface area contributed by atoms with E-state index in [1.165, 1.54) is 0 Å². The van der Waals surface area contributed by atoms with Gasteiger partial charge >= 0.3 is 0 Å². The van der Waals surface area contributed by atoms with Crippen LogP contribution in [-0.2, 0) is 13.0 Å². The predicted molar refractivity (Wildman–Crippen MR) is 65.0 cm³/mol. The molecule has 0 saturated carbocycles. The zero-order valence-corrected chi connectivity index (χ0v) is 10.6. The summed E-state index contributed by atoms with van der Waals surface area (Å²) in [6.45, 7) is 0.537. The summed E-state index contributed by atoms with van der Waals surface area (Å²) in [5.74, 6) is 0.780. The molecule has 0 atom stereocenters. The van der Waals surface area contributed by atoms with Crippen molar-refractivity contribution in [3.8, 4) is 6.07 Å². The number of rotatable bonds is 4. The first-order chi connectivity index (χ1) is 8.29. The van der Waals surface area contributed by atoms with E-state index >= 15 is 0 Å². The van der Waals surface area contributed by atoms with Crippen LogP contribution < -0.4 is 0 Å². The highest BCUT2D eigenvalue weighted by Crippen LogP contribution is 2.12. The normalized spacial score (nSPS) is 10.1. The molecular weight excluding hydrogens is 282 g/mol. The van der Waals surface area contributed by atoms with Gasteiger partial charge < -0.3 is 0 Å². The summed E-state index contributed by atoms with van der Waals surface area (Å²) in [4.78, 5) is 0. The lowest BCUT2D eigenvalue weighted by Gasteiger charge is -2.02. The summed E-state index contributed by atoms with van der Waals surface area (Å²) in [6, 6.07) is 10.1. The Labute approximate surface area is 107 Å². The average molecular weight is 292 g/mol. The van der Waals surface area contributed by atoms with Crippen LogP contribution in [0.25, 0.3) is 0 Å². The molecule has 6 heteroatoms. The number of aromatic nitrogens is 4. The van der Waals surface area contributed by atoms with Gasteiger partial charge in [-0.1, -0.05) is 28.1 Å². The Bertz CT molecular complexity index is 526. The van der Waals surface area contributed by atoms with Crippen LogP contribution in [0, 0.1) is 11.3 Å². The van der Waals surface area contributed by atoms with Crippen molar-refractivity contribution in [1.29, 1.82) is 5.26 Å². The van der Waals surface area contributed by atoms with E-state index in [1.54, 1.807) is 4.68 Å². The van der Waals surface area contributed by atoms with Gasteiger partial charge in [0.2, 0.25) is 0 Å². The van der Waals surface area contributed by atoms with Gasteiger partial charge in [0, 0.05) is 10.9 Å². The van der Waals surface area contributed by atoms with Crippen LogP contribution in [0.1, 0.15) is 17.8 Å². The average Bonchev–Trinajstić information content (AvgIpc) is 2.77. The second-order valence-corrected chi connectivity index (χ2v) is 4.45. The van der Waals surface area contributed by atoms with Gasteiger partial charge in [0.05, 0.1) is 19.0 Å². The summed E-state index contributed by atoms with van der Waals surface area (Å²) in [5.41, 5.74) is 1.14. The number of hydrogen-bond acceptors (Lipinski definition) is 4. The Morgan fingerprint density at radius 3 is 2.76 bits per heavy atom. The predicted octanol–water partition coefficient (Wildman–Crippen LogP) is 1.94. The van der Waals surface area contributed by atoms with E-state index in [0.717, 1.165) is 15.9 Å². The molecule has 1 heterocycles. The molecule has 5 nitrogen and oxygen atoms in total. The number of tetrazole rings is 1. The highest BCUT2D eigenvalue weighted by Gasteiger charge is 2.06. The number of hydrogen-bond donors (Lipinski definition) is 0. The van der Waals surface area contributed by atoms with Crippen molar-refractivity contribution in [2.75, 3.05) is 0 Å². The first-order valence-electron chi connectivity index (χ1n) is 5.16. The van der Waals surface area contributed by atoms with Gasteiger partial charge in [-0.2, -0.15) is 5.26 Å². The van der Waals surface area contributed by atoms with Gasteiger partial charge in [-0.25, -0.2) is 4.68 Å². The Hall–Kier alpha value is -1.74. The van der Waals surface area contributed by atoms with Gasteiger partial charge in [-0.3, -0.25) is 0 Å². The maximum absolute atomic E-state index is 8.54. The molecule has 0 aliphatic heterocycles. The Kier molecular flexibility index (Phi) is 3.83. The lowest BCUT2D eigenvalue weighted by atomic mass is 10.1. The van der Waals surface area contributed by atoms with Crippen molar-refractivity contribution >= 4 is 15.9 Å². The van der Waals surface area contributed by atoms with Crippen LogP contribution in [0.2, 0.25) is 0 Å². The SMILES string of the molecule is N#CCCn1nnnc1Cc1ccc(Br)cc1. The van der Waals surface area contributed by atoms with E-state index in [1.807, 2.05) is 24.3 Å². The molecule has 0 radical (unpaired) electrons. The van der Waals surface area contributed by atoms with Crippen LogP contribution in [0.3, 0.4) is 0 Å². The second kappa shape index (κ2) is 5.55. The van der Waals surface area contributed by atoms with Crippen molar-refractivity contribution in [1.82, 2.24) is 20.2 Å². The number of nitrogens with zero attached hydrogens (tertiary/aromatic N) is 5. The molecule has 2 aromatic rings. The van der Waals surface area contributed by atoms with Crippen LogP contribution in [0.5, 0.6) is 0 Å². The molecule has 0 aliphatic rings. The van der Waals surface area contributed by atoms with Crippen LogP contribution in [-0.4, -0.2) is 20.2 Å². The second-order valence-electron chi connectivity index (χ2n) is 3.53. The molecule has 1 aromatic carbocycles. The summed E-state index contributed by atoms with van der Waals surface area (Å²) in [7, 11) is 0. The van der Waals surface area contributed by atoms with Crippen molar-refractivity contribution in [2.24, 2.45) is 0 Å². The molecule has 2 rings (SSSR count). The first kappa shape index (κ1) is 11.7. The van der Waals surface area contributed by atoms with Gasteiger partial charge in [-0.05, 0) is 28.1 Å². The molecule has 0 N–H and O–H groups in total. The zero-order valence-electron chi connectivity index (χ0n) is 9.04. The molecule has 0 saturated heterocycles. The van der Waals surface area contributed by atoms with Crippen molar-refractivity contribution in [3.63, 3.8) is 0 Å². The largest absolute Gasteiger partial charge is 0.228 e. The molecule has 17 heavy (non-hydrogen) atoms. The van der Waals surface area contributed by atoms with Crippen molar-refractivity contribution < 1.29 is 0 Å². The van der Waals surface area contributed by atoms with Crippen molar-refractivity contribution in [3.05, 3.63) is 40.1 Å². The molecule has 0 bridgehead atoms. The van der Waals surface area contributed by atoms with Gasteiger partial charge in [-0.15, -0.1) is 5.10 Å². The maximum Gasteiger partial charge on any atom is 0.155 e. The summed E-state index contributed by atoms with van der Waals surface area (Å²) >= 11 is 3.39. The Morgan fingerprint density at radius 2 is 2.06 bits per heavy atom. The third kappa shape index (κ3) is 3.11. The Morgan fingerprint density at radius 1 is 1.29 bits per heavy atom. The number of benzene rings is 1. The molecule has 86 valence electrons. The standard InChI is InChI=1S/C11H10BrN5/c12-10-4-2-9(3-5-10)8-11-14-15-16-17(11)7-1-6-13/h2-5H,1,7-8H2. The van der Waals surface area contributed by atoms with E-state index in [-0.39, 0.29) is 0 Å². The smallest absolute Gasteiger partial charge is 0.155 e. The lowest BCUT2D eigenvalue weighted by Crippen LogP contribution is -2.06. The summed E-state index contributed by atoms with van der Waals surface area (Å²) in [5, 5.41) is 20.0. The van der Waals surface area contributed by atoms with E-state index in [4.69, 9.17) is 5.26 Å². The van der Waals surface area contributed by atoms with Gasteiger partial charge in [0.25, 0.3) is 0 Å². The van der Waals surface area contributed by atoms with Gasteiger partial charge in [0.15, 0.2) is 5.82 Å². The number of aryl methyl sites for hydroxylation is 1. The van der Waals surface area contributed by atoms with Crippen LogP contribution >= 0.6 is 15.9 Å². The minimum Gasteiger partial charge on any atom is -0.228 e. The van der Waals surface area contributed by atoms with Gasteiger partial charge in [0.1, 0.15) is 0 Å². The highest BCUT2D eigenvalue weighted by atomic mass is 79.9. The van der Waals surface area contributed by atoms with E-state index in [9.17, 15) is 0 Å². The zero-order chi connectivity index (χ0) is 12.1. The topological polar surface area (TPSA) is 67.4 Å². The fourth-order valence-corrected chi connectivity index (χ4v) is 1.73. The van der Waals surface area contributed by atoms with E-state index in [0.29, 0.717) is 19.4 Å². The number of nitriles is 1. The third-order valence-electron chi connectivity index (χ3n) is 2.32. The maximum atomic E-state index is 8.54. The quantitative estimate of drug-likeness (QED) is 0.863. The minimum atomic E-state index is 0.415. The fourth-order valence-electron chi connectivity index (χ4n) is 1.46. The van der Waals surface area contributed by atoms with E-state index < -0.39 is 0 Å². The molecule has 1 aromatic heterocycles. The van der Waals surface area contributed by atoms with E-state index in [2.05, 4.69) is 37.5 Å². The molecule has 0 fully saturated rings. The minimum absolute atomic E-state index is 0.415. The molecule has 0 spiro atoms. The summed E-state index contributed by atoms with van der Waals surface area (Å²) in [6.07, 6.45) is 1.09. The molecule has 0 amide bonds. The molecular formula is C11H10BrN5. The van der Waals surface area contributed by atoms with Crippen LogP contribution in [0.4, 0.5) is 0 Å². The lowest BCUT2D eigenvalue weighted by molar-refractivity contribution is 0.579. The first-order valence-corrected chi connectivity index (χ1v) is 5.95. The Balaban J connectivity index is 2.10. The van der Waals surface area contributed by atoms with Crippen molar-refractivity contribution in [2.45, 2.75) is 19.4 Å². The highest BCUT2D eigenvalue weighted by molar-refractivity contribution is 9.10. The summed E-state index contributed by atoms with van der Waals surface area (Å²) < 4.78 is 2.72. The fraction of sp³-hybridized carbons (Fsp3) is 0.273. The molecule has 0 aliphatic carbocycles. The monoisotopic (exact) mass is 291 g/mol. The third-order valence-corrected chi connectivity index (χ3v) is 2.85. The molecule has 0 unspecified atom stereocenters. The number of halogens is 1.